The number of carbonyl (C=O) groups excluding carboxylic acids is 1. The smallest absolute Gasteiger partial charge is 0.411 e. The van der Waals surface area contributed by atoms with Crippen LogP contribution in [0.3, 0.4) is 0 Å². The third kappa shape index (κ3) is 4.35. The summed E-state index contributed by atoms with van der Waals surface area (Å²) in [4.78, 5) is 17.7. The summed E-state index contributed by atoms with van der Waals surface area (Å²) in [5.74, 6) is 1.62. The minimum absolute atomic E-state index is 0.306. The number of hydrogen-bond donors (Lipinski definition) is 0. The van der Waals surface area contributed by atoms with E-state index in [9.17, 15) is 10.1 Å². The second-order valence-corrected chi connectivity index (χ2v) is 10.1. The van der Waals surface area contributed by atoms with E-state index >= 15 is 0 Å². The van der Waals surface area contributed by atoms with Gasteiger partial charge in [-0.15, -0.1) is 0 Å². The highest BCUT2D eigenvalue weighted by Crippen LogP contribution is 2.52. The molecule has 38 heavy (non-hydrogen) atoms. The first-order valence-corrected chi connectivity index (χ1v) is 12.9. The first-order valence-electron chi connectivity index (χ1n) is 12.9. The third-order valence-electron chi connectivity index (χ3n) is 8.28. The topological polar surface area (TPSA) is 75.0 Å². The zero-order chi connectivity index (χ0) is 26.8. The number of likely N-dealkylation sites (tertiary alicyclic amines) is 1. The Hall–Kier alpha value is -4.02. The van der Waals surface area contributed by atoms with Crippen molar-refractivity contribution in [1.82, 2.24) is 9.80 Å². The molecule has 5 rings (SSSR count). The molecule has 2 fully saturated rings. The molecule has 0 saturated carbocycles. The van der Waals surface area contributed by atoms with Gasteiger partial charge in [-0.2, -0.15) is 5.26 Å². The number of carbonyl (C=O) groups is 1. The number of nitrogens with zero attached hydrogens (tertiary/aromatic N) is 3. The Balaban J connectivity index is 1.44. The standard InChI is InChI=1S/C31H33N3O4/c1-30(26-11-5-4-6-12-26)31(38-29(35)34(30)22-24-10-8-7-9-23(24)20-32)15-17-33(18-16-31)21-25-19-27(36-2)13-14-28(25)37-3/h4-14,19H,15-18,21-22H2,1-3H3. The summed E-state index contributed by atoms with van der Waals surface area (Å²) in [7, 11) is 3.34. The molecule has 2 aliphatic heterocycles. The number of methoxy groups -OCH3 is 2. The molecule has 1 atom stereocenters. The first kappa shape index (κ1) is 25.6. The van der Waals surface area contributed by atoms with Gasteiger partial charge in [0.1, 0.15) is 22.6 Å². The summed E-state index contributed by atoms with van der Waals surface area (Å²) in [5.41, 5.74) is 2.08. The highest BCUT2D eigenvalue weighted by Gasteiger charge is 2.63. The van der Waals surface area contributed by atoms with E-state index in [0.717, 1.165) is 41.3 Å². The van der Waals surface area contributed by atoms with Gasteiger partial charge < -0.3 is 14.2 Å². The molecule has 1 unspecified atom stereocenters. The number of rotatable bonds is 7. The Labute approximate surface area is 224 Å². The van der Waals surface area contributed by atoms with Gasteiger partial charge in [0.05, 0.1) is 32.4 Å². The fraction of sp³-hybridized carbons (Fsp3) is 0.355. The van der Waals surface area contributed by atoms with Crippen LogP contribution in [0.25, 0.3) is 0 Å². The lowest BCUT2D eigenvalue weighted by atomic mass is 9.70. The molecule has 2 saturated heterocycles. The largest absolute Gasteiger partial charge is 0.497 e. The van der Waals surface area contributed by atoms with Crippen molar-refractivity contribution < 1.29 is 19.0 Å². The van der Waals surface area contributed by atoms with E-state index in [-0.39, 0.29) is 6.09 Å². The van der Waals surface area contributed by atoms with Crippen molar-refractivity contribution >= 4 is 6.09 Å². The molecule has 0 aromatic heterocycles. The Morgan fingerprint density at radius 1 is 0.921 bits per heavy atom. The van der Waals surface area contributed by atoms with Gasteiger partial charge in [0.15, 0.2) is 0 Å². The van der Waals surface area contributed by atoms with E-state index in [2.05, 4.69) is 30.0 Å². The second-order valence-electron chi connectivity index (χ2n) is 10.1. The van der Waals surface area contributed by atoms with Crippen molar-refractivity contribution in [2.45, 2.75) is 44.0 Å². The Morgan fingerprint density at radius 3 is 2.32 bits per heavy atom. The minimum atomic E-state index is -0.701. The van der Waals surface area contributed by atoms with Crippen molar-refractivity contribution in [1.29, 1.82) is 5.26 Å². The van der Waals surface area contributed by atoms with Crippen molar-refractivity contribution in [2.75, 3.05) is 27.3 Å². The van der Waals surface area contributed by atoms with Gasteiger partial charge in [0.25, 0.3) is 0 Å². The summed E-state index contributed by atoms with van der Waals surface area (Å²) in [6, 6.07) is 25.7. The van der Waals surface area contributed by atoms with Crippen molar-refractivity contribution in [3.05, 3.63) is 95.1 Å². The van der Waals surface area contributed by atoms with E-state index in [0.29, 0.717) is 31.5 Å². The van der Waals surface area contributed by atoms with Crippen molar-refractivity contribution in [3.8, 4) is 17.6 Å². The first-order chi connectivity index (χ1) is 18.4. The summed E-state index contributed by atoms with van der Waals surface area (Å²) >= 11 is 0. The Bertz CT molecular complexity index is 1340. The number of benzene rings is 3. The molecule has 3 aromatic carbocycles. The predicted molar refractivity (Wildman–Crippen MR) is 144 cm³/mol. The number of amides is 1. The average Bonchev–Trinajstić information content (AvgIpc) is 3.16. The Morgan fingerprint density at radius 2 is 1.63 bits per heavy atom. The normalized spacial score (nSPS) is 20.7. The van der Waals surface area contributed by atoms with Gasteiger partial charge in [0, 0.05) is 38.0 Å². The van der Waals surface area contributed by atoms with E-state index in [4.69, 9.17) is 14.2 Å². The molecule has 196 valence electrons. The average molecular weight is 512 g/mol. The molecular formula is C31H33N3O4. The maximum Gasteiger partial charge on any atom is 0.411 e. The van der Waals surface area contributed by atoms with Crippen LogP contribution in [0.2, 0.25) is 0 Å². The molecule has 3 aromatic rings. The van der Waals surface area contributed by atoms with Gasteiger partial charge in [0.2, 0.25) is 0 Å². The number of piperidine rings is 1. The summed E-state index contributed by atoms with van der Waals surface area (Å²) in [5, 5.41) is 9.66. The van der Waals surface area contributed by atoms with Crippen LogP contribution in [-0.4, -0.2) is 48.8 Å². The van der Waals surface area contributed by atoms with E-state index in [1.165, 1.54) is 0 Å². The lowest BCUT2D eigenvalue weighted by Crippen LogP contribution is -2.58. The zero-order valence-electron chi connectivity index (χ0n) is 22.1. The maximum absolute atomic E-state index is 13.5. The predicted octanol–water partition coefficient (Wildman–Crippen LogP) is 5.48. The molecule has 0 radical (unpaired) electrons. The summed E-state index contributed by atoms with van der Waals surface area (Å²) in [6.45, 7) is 4.66. The monoisotopic (exact) mass is 511 g/mol. The molecule has 0 aliphatic carbocycles. The zero-order valence-corrected chi connectivity index (χ0v) is 22.1. The molecule has 7 nitrogen and oxygen atoms in total. The molecule has 0 bridgehead atoms. The lowest BCUT2D eigenvalue weighted by molar-refractivity contribution is -0.0614. The lowest BCUT2D eigenvalue weighted by Gasteiger charge is -2.48. The van der Waals surface area contributed by atoms with Gasteiger partial charge in [-0.3, -0.25) is 9.80 Å². The molecule has 7 heteroatoms. The second kappa shape index (κ2) is 10.4. The SMILES string of the molecule is COc1ccc(OC)c(CN2CCC3(CC2)OC(=O)N(Cc2ccccc2C#N)C3(C)c2ccccc2)c1. The fourth-order valence-corrected chi connectivity index (χ4v) is 6.00. The van der Waals surface area contributed by atoms with Crippen LogP contribution in [0, 0.1) is 11.3 Å². The van der Waals surface area contributed by atoms with Crippen LogP contribution >= 0.6 is 0 Å². The number of nitriles is 1. The van der Waals surface area contributed by atoms with Crippen LogP contribution in [0.15, 0.2) is 72.8 Å². The van der Waals surface area contributed by atoms with Gasteiger partial charge in [-0.1, -0.05) is 48.5 Å². The van der Waals surface area contributed by atoms with Crippen LogP contribution in [-0.2, 0) is 23.4 Å². The quantitative estimate of drug-likeness (QED) is 0.418. The Kier molecular flexibility index (Phi) is 7.00. The molecule has 1 spiro atoms. The highest BCUT2D eigenvalue weighted by molar-refractivity contribution is 5.74. The summed E-state index contributed by atoms with van der Waals surface area (Å²) < 4.78 is 17.4. The van der Waals surface area contributed by atoms with Crippen LogP contribution in [0.1, 0.15) is 42.0 Å². The maximum atomic E-state index is 13.5. The van der Waals surface area contributed by atoms with E-state index in [1.54, 1.807) is 20.3 Å². The number of ether oxygens (including phenoxy) is 3. The van der Waals surface area contributed by atoms with Crippen LogP contribution < -0.4 is 9.47 Å². The van der Waals surface area contributed by atoms with Crippen molar-refractivity contribution in [3.63, 3.8) is 0 Å². The van der Waals surface area contributed by atoms with E-state index < -0.39 is 11.1 Å². The number of hydrogen-bond acceptors (Lipinski definition) is 6. The minimum Gasteiger partial charge on any atom is -0.497 e. The molecule has 1 amide bonds. The summed E-state index contributed by atoms with van der Waals surface area (Å²) in [6.07, 6.45) is 1.03. The van der Waals surface area contributed by atoms with Crippen molar-refractivity contribution in [2.24, 2.45) is 0 Å². The van der Waals surface area contributed by atoms with Gasteiger partial charge in [-0.25, -0.2) is 4.79 Å². The third-order valence-corrected chi connectivity index (χ3v) is 8.28. The molecular weight excluding hydrogens is 478 g/mol. The molecule has 0 N–H and O–H groups in total. The molecule has 2 heterocycles. The molecule has 2 aliphatic rings. The van der Waals surface area contributed by atoms with Gasteiger partial charge in [-0.05, 0) is 42.3 Å². The van der Waals surface area contributed by atoms with Gasteiger partial charge >= 0.3 is 6.09 Å². The fourth-order valence-electron chi connectivity index (χ4n) is 6.00. The van der Waals surface area contributed by atoms with Crippen LogP contribution in [0.4, 0.5) is 4.79 Å². The highest BCUT2D eigenvalue weighted by atomic mass is 16.6. The van der Waals surface area contributed by atoms with Crippen LogP contribution in [0.5, 0.6) is 11.5 Å². The van der Waals surface area contributed by atoms with E-state index in [1.807, 2.05) is 59.5 Å².